The molecule has 0 radical (unpaired) electrons. The second-order valence-electron chi connectivity index (χ2n) is 5.57. The van der Waals surface area contributed by atoms with Crippen LogP contribution in [0.25, 0.3) is 0 Å². The van der Waals surface area contributed by atoms with Gasteiger partial charge < -0.3 is 10.4 Å². The Balaban J connectivity index is 2.01. The number of hydrogen-bond donors (Lipinski definition) is 2. The molecule has 0 heterocycles. The van der Waals surface area contributed by atoms with Gasteiger partial charge in [0.25, 0.3) is 0 Å². The fraction of sp³-hybridized carbons (Fsp3) is 0.562. The topological polar surface area (TPSA) is 49.3 Å². The Morgan fingerprint density at radius 1 is 1.50 bits per heavy atom. The predicted molar refractivity (Wildman–Crippen MR) is 83.9 cm³/mol. The van der Waals surface area contributed by atoms with Gasteiger partial charge in [-0.25, -0.2) is 0 Å². The normalized spacial score (nSPS) is 22.9. The maximum absolute atomic E-state index is 11.9. The molecule has 0 saturated heterocycles. The van der Waals surface area contributed by atoms with E-state index in [-0.39, 0.29) is 5.91 Å². The highest BCUT2D eigenvalue weighted by molar-refractivity contribution is 7.99. The van der Waals surface area contributed by atoms with Gasteiger partial charge in [0.1, 0.15) is 5.60 Å². The molecule has 1 aliphatic carbocycles. The number of thioether (sulfide) groups is 1. The number of amides is 1. The summed E-state index contributed by atoms with van der Waals surface area (Å²) in [6.45, 7) is 2.35. The summed E-state index contributed by atoms with van der Waals surface area (Å²) >= 11 is 1.68. The molecule has 0 aliphatic heterocycles. The van der Waals surface area contributed by atoms with Crippen molar-refractivity contribution in [1.82, 2.24) is 5.32 Å². The van der Waals surface area contributed by atoms with Crippen LogP contribution in [-0.4, -0.2) is 29.1 Å². The first kappa shape index (κ1) is 15.4. The number of nitrogens with one attached hydrogen (secondary N) is 1. The Morgan fingerprint density at radius 3 is 3.00 bits per heavy atom. The smallest absolute Gasteiger partial charge is 0.221 e. The number of hydrogen-bond acceptors (Lipinski definition) is 3. The van der Waals surface area contributed by atoms with Gasteiger partial charge in [-0.2, -0.15) is 11.8 Å². The number of carbonyl (C=O) groups excluding carboxylic acids is 1. The second-order valence-corrected chi connectivity index (χ2v) is 6.85. The van der Waals surface area contributed by atoms with Crippen molar-refractivity contribution in [1.29, 1.82) is 0 Å². The first-order valence-electron chi connectivity index (χ1n) is 7.15. The minimum atomic E-state index is -0.910. The van der Waals surface area contributed by atoms with Crippen LogP contribution in [0, 0.1) is 0 Å². The highest BCUT2D eigenvalue weighted by atomic mass is 32.2. The van der Waals surface area contributed by atoms with Crippen molar-refractivity contribution < 1.29 is 9.90 Å². The summed E-state index contributed by atoms with van der Waals surface area (Å²) in [6.07, 6.45) is 5.19. The van der Waals surface area contributed by atoms with Gasteiger partial charge in [-0.15, -0.1) is 0 Å². The number of rotatable bonds is 5. The Hall–Kier alpha value is -1.00. The summed E-state index contributed by atoms with van der Waals surface area (Å²) in [5.41, 5.74) is 1.27. The molecule has 1 amide bonds. The first-order chi connectivity index (χ1) is 9.55. The number of aliphatic hydroxyl groups is 1. The third-order valence-corrected chi connectivity index (χ3v) is 4.98. The summed E-state index contributed by atoms with van der Waals surface area (Å²) in [6, 6.07) is 8.00. The van der Waals surface area contributed by atoms with Crippen molar-refractivity contribution in [2.45, 2.75) is 43.5 Å². The van der Waals surface area contributed by atoms with Crippen molar-refractivity contribution in [2.75, 3.05) is 12.8 Å². The van der Waals surface area contributed by atoms with E-state index >= 15 is 0 Å². The predicted octanol–water partition coefficient (Wildman–Crippen LogP) is 2.47. The van der Waals surface area contributed by atoms with Crippen molar-refractivity contribution in [3.63, 3.8) is 0 Å². The maximum atomic E-state index is 11.9. The molecule has 1 aliphatic rings. The van der Waals surface area contributed by atoms with Crippen molar-refractivity contribution in [3.8, 4) is 0 Å². The standard InChI is InChI=1S/C16H23NO2S/c1-12(20-2)10-15(18)17-11-16(19)9-5-7-13-6-3-4-8-14(13)16/h3-4,6,8,12,19H,5,7,9-11H2,1-2H3,(H,17,18). The molecule has 3 nitrogen and oxygen atoms in total. The average Bonchev–Trinajstić information content (AvgIpc) is 2.46. The van der Waals surface area contributed by atoms with Crippen molar-refractivity contribution >= 4 is 17.7 Å². The van der Waals surface area contributed by atoms with Crippen LogP contribution >= 0.6 is 11.8 Å². The zero-order valence-corrected chi connectivity index (χ0v) is 13.0. The lowest BCUT2D eigenvalue weighted by Crippen LogP contribution is -2.43. The molecular weight excluding hydrogens is 270 g/mol. The number of benzene rings is 1. The SMILES string of the molecule is CSC(C)CC(=O)NCC1(O)CCCc2ccccc21. The Morgan fingerprint density at radius 2 is 2.25 bits per heavy atom. The Bertz CT molecular complexity index is 477. The molecule has 110 valence electrons. The Labute approximate surface area is 125 Å². The number of aryl methyl sites for hydroxylation is 1. The van der Waals surface area contributed by atoms with E-state index in [0.29, 0.717) is 24.6 Å². The maximum Gasteiger partial charge on any atom is 0.221 e. The fourth-order valence-electron chi connectivity index (χ4n) is 2.74. The van der Waals surface area contributed by atoms with E-state index in [1.807, 2.05) is 31.4 Å². The molecule has 2 unspecified atom stereocenters. The second kappa shape index (κ2) is 6.64. The molecule has 2 rings (SSSR count). The van der Waals surface area contributed by atoms with Gasteiger partial charge in [0.15, 0.2) is 0 Å². The Kier molecular flexibility index (Phi) is 5.11. The van der Waals surface area contributed by atoms with E-state index in [4.69, 9.17) is 0 Å². The number of carbonyl (C=O) groups is 1. The van der Waals surface area contributed by atoms with Gasteiger partial charge in [-0.3, -0.25) is 4.79 Å². The van der Waals surface area contributed by atoms with Gasteiger partial charge in [-0.05, 0) is 36.6 Å². The van der Waals surface area contributed by atoms with Gasteiger partial charge in [0.2, 0.25) is 5.91 Å². The molecule has 0 saturated carbocycles. The molecule has 0 fully saturated rings. The third-order valence-electron chi connectivity index (χ3n) is 4.01. The van der Waals surface area contributed by atoms with E-state index in [1.165, 1.54) is 5.56 Å². The lowest BCUT2D eigenvalue weighted by atomic mass is 9.79. The van der Waals surface area contributed by atoms with E-state index in [2.05, 4.69) is 11.4 Å². The molecule has 0 bridgehead atoms. The summed E-state index contributed by atoms with van der Waals surface area (Å²) in [4.78, 5) is 11.9. The first-order valence-corrected chi connectivity index (χ1v) is 8.44. The van der Waals surface area contributed by atoms with Gasteiger partial charge in [0.05, 0.1) is 6.54 Å². The van der Waals surface area contributed by atoms with Gasteiger partial charge >= 0.3 is 0 Å². The molecule has 20 heavy (non-hydrogen) atoms. The molecule has 0 aromatic heterocycles. The third kappa shape index (κ3) is 3.55. The van der Waals surface area contributed by atoms with Crippen molar-refractivity contribution in [3.05, 3.63) is 35.4 Å². The zero-order chi connectivity index (χ0) is 14.6. The molecule has 2 N–H and O–H groups in total. The van der Waals surface area contributed by atoms with Gasteiger partial charge in [-0.1, -0.05) is 31.2 Å². The number of fused-ring (bicyclic) bond motifs is 1. The quantitative estimate of drug-likeness (QED) is 0.877. The van der Waals surface area contributed by atoms with Gasteiger partial charge in [0, 0.05) is 11.7 Å². The van der Waals surface area contributed by atoms with E-state index in [0.717, 1.165) is 18.4 Å². The molecule has 2 atom stereocenters. The van der Waals surface area contributed by atoms with Crippen LogP contribution in [0.15, 0.2) is 24.3 Å². The van der Waals surface area contributed by atoms with Crippen LogP contribution < -0.4 is 5.32 Å². The summed E-state index contributed by atoms with van der Waals surface area (Å²) in [5, 5.41) is 14.0. The molecule has 4 heteroatoms. The molecular formula is C16H23NO2S. The van der Waals surface area contributed by atoms with E-state index in [9.17, 15) is 9.90 Å². The van der Waals surface area contributed by atoms with E-state index < -0.39 is 5.60 Å². The summed E-state index contributed by atoms with van der Waals surface area (Å²) in [5.74, 6) is 0.0170. The fourth-order valence-corrected chi connectivity index (χ4v) is 3.06. The highest BCUT2D eigenvalue weighted by Gasteiger charge is 2.34. The van der Waals surface area contributed by atoms with Crippen LogP contribution in [0.3, 0.4) is 0 Å². The summed E-state index contributed by atoms with van der Waals surface area (Å²) < 4.78 is 0. The lowest BCUT2D eigenvalue weighted by molar-refractivity contribution is -0.122. The van der Waals surface area contributed by atoms with E-state index in [1.54, 1.807) is 11.8 Å². The molecule has 1 aromatic rings. The minimum absolute atomic E-state index is 0.0170. The monoisotopic (exact) mass is 293 g/mol. The molecule has 0 spiro atoms. The van der Waals surface area contributed by atoms with Crippen LogP contribution in [0.5, 0.6) is 0 Å². The van der Waals surface area contributed by atoms with Crippen LogP contribution in [0.1, 0.15) is 37.3 Å². The minimum Gasteiger partial charge on any atom is -0.383 e. The zero-order valence-electron chi connectivity index (χ0n) is 12.2. The van der Waals surface area contributed by atoms with Crippen LogP contribution in [0.2, 0.25) is 0 Å². The van der Waals surface area contributed by atoms with Crippen molar-refractivity contribution in [2.24, 2.45) is 0 Å². The summed E-state index contributed by atoms with van der Waals surface area (Å²) in [7, 11) is 0. The average molecular weight is 293 g/mol. The largest absolute Gasteiger partial charge is 0.383 e. The van der Waals surface area contributed by atoms with Crippen LogP contribution in [-0.2, 0) is 16.8 Å². The lowest BCUT2D eigenvalue weighted by Gasteiger charge is -2.34. The molecule has 1 aromatic carbocycles. The highest BCUT2D eigenvalue weighted by Crippen LogP contribution is 2.34. The van der Waals surface area contributed by atoms with Crippen LogP contribution in [0.4, 0.5) is 0 Å².